The van der Waals surface area contributed by atoms with Gasteiger partial charge in [0, 0.05) is 13.1 Å². The summed E-state index contributed by atoms with van der Waals surface area (Å²) >= 11 is 0. The second kappa shape index (κ2) is 5.23. The number of aliphatic hydroxyl groups is 1. The highest BCUT2D eigenvalue weighted by molar-refractivity contribution is 7.89. The van der Waals surface area contributed by atoms with Crippen LogP contribution in [-0.4, -0.2) is 30.9 Å². The van der Waals surface area contributed by atoms with Crippen LogP contribution in [0.2, 0.25) is 0 Å². The molecule has 1 N–H and O–H groups in total. The first-order valence-corrected chi connectivity index (χ1v) is 8.00. The first-order valence-electron chi connectivity index (χ1n) is 6.56. The van der Waals surface area contributed by atoms with Crippen LogP contribution < -0.4 is 0 Å². The van der Waals surface area contributed by atoms with E-state index in [1.807, 2.05) is 6.92 Å². The Labute approximate surface area is 115 Å². The summed E-state index contributed by atoms with van der Waals surface area (Å²) in [5.74, 6) is 0.773. The third-order valence-corrected chi connectivity index (χ3v) is 5.91. The number of aryl methyl sites for hydroxylation is 1. The number of hydrogen-bond donors (Lipinski definition) is 1. The van der Waals surface area contributed by atoms with Gasteiger partial charge in [-0.2, -0.15) is 4.31 Å². The summed E-state index contributed by atoms with van der Waals surface area (Å²) in [6.07, 6.45) is 0. The van der Waals surface area contributed by atoms with E-state index in [1.54, 1.807) is 22.5 Å². The smallest absolute Gasteiger partial charge is 0.243 e. The van der Waals surface area contributed by atoms with Crippen LogP contribution in [0.4, 0.5) is 0 Å². The summed E-state index contributed by atoms with van der Waals surface area (Å²) in [5.41, 5.74) is 1.57. The van der Waals surface area contributed by atoms with E-state index in [0.29, 0.717) is 30.5 Å². The highest BCUT2D eigenvalue weighted by atomic mass is 32.2. The lowest BCUT2D eigenvalue weighted by Gasteiger charge is -2.17. The van der Waals surface area contributed by atoms with Gasteiger partial charge in [-0.05, 0) is 42.0 Å². The zero-order chi connectivity index (χ0) is 14.2. The number of rotatable bonds is 3. The summed E-state index contributed by atoms with van der Waals surface area (Å²) in [4.78, 5) is 0.281. The maximum Gasteiger partial charge on any atom is 0.243 e. The van der Waals surface area contributed by atoms with Crippen LogP contribution in [0.5, 0.6) is 0 Å². The molecule has 106 valence electrons. The van der Waals surface area contributed by atoms with E-state index in [4.69, 9.17) is 0 Å². The Bertz CT molecular complexity index is 558. The minimum Gasteiger partial charge on any atom is -0.392 e. The van der Waals surface area contributed by atoms with Crippen LogP contribution in [0.15, 0.2) is 23.1 Å². The monoisotopic (exact) mass is 283 g/mol. The summed E-state index contributed by atoms with van der Waals surface area (Å²) in [7, 11) is -3.43. The Morgan fingerprint density at radius 3 is 2.37 bits per heavy atom. The average molecular weight is 283 g/mol. The quantitative estimate of drug-likeness (QED) is 0.919. The molecule has 1 saturated heterocycles. The number of nitrogens with zero attached hydrogens (tertiary/aromatic N) is 1. The van der Waals surface area contributed by atoms with Gasteiger partial charge in [0.05, 0.1) is 11.5 Å². The van der Waals surface area contributed by atoms with Gasteiger partial charge in [-0.15, -0.1) is 0 Å². The molecular formula is C14H21NO3S. The van der Waals surface area contributed by atoms with E-state index >= 15 is 0 Å². The molecule has 5 heteroatoms. The van der Waals surface area contributed by atoms with Crippen molar-refractivity contribution in [1.82, 2.24) is 4.31 Å². The van der Waals surface area contributed by atoms with Gasteiger partial charge in [0.2, 0.25) is 10.0 Å². The highest BCUT2D eigenvalue weighted by Gasteiger charge is 2.34. The topological polar surface area (TPSA) is 57.6 Å². The lowest BCUT2D eigenvalue weighted by atomic mass is 10.0. The van der Waals surface area contributed by atoms with Crippen molar-refractivity contribution >= 4 is 10.0 Å². The van der Waals surface area contributed by atoms with E-state index in [0.717, 1.165) is 5.56 Å². The summed E-state index contributed by atoms with van der Waals surface area (Å²) in [6, 6.07) is 4.96. The number of hydrogen-bond acceptors (Lipinski definition) is 3. The molecule has 0 spiro atoms. The zero-order valence-electron chi connectivity index (χ0n) is 11.6. The van der Waals surface area contributed by atoms with Crippen LogP contribution in [0.25, 0.3) is 0 Å². The molecule has 2 rings (SSSR count). The summed E-state index contributed by atoms with van der Waals surface area (Å²) in [6.45, 7) is 7.03. The molecule has 0 amide bonds. The van der Waals surface area contributed by atoms with Gasteiger partial charge in [-0.1, -0.05) is 19.9 Å². The minimum absolute atomic E-state index is 0.137. The van der Waals surface area contributed by atoms with Gasteiger partial charge in [0.25, 0.3) is 0 Å². The maximum atomic E-state index is 12.5. The van der Waals surface area contributed by atoms with E-state index in [-0.39, 0.29) is 11.5 Å². The van der Waals surface area contributed by atoms with E-state index in [2.05, 4.69) is 13.8 Å². The van der Waals surface area contributed by atoms with Crippen molar-refractivity contribution in [2.24, 2.45) is 11.8 Å². The lowest BCUT2D eigenvalue weighted by Crippen LogP contribution is -2.29. The molecule has 19 heavy (non-hydrogen) atoms. The number of aliphatic hydroxyl groups excluding tert-OH is 1. The minimum atomic E-state index is -3.43. The molecular weight excluding hydrogens is 262 g/mol. The van der Waals surface area contributed by atoms with E-state index < -0.39 is 10.0 Å². The fourth-order valence-electron chi connectivity index (χ4n) is 2.40. The van der Waals surface area contributed by atoms with Crippen molar-refractivity contribution < 1.29 is 13.5 Å². The molecule has 1 fully saturated rings. The van der Waals surface area contributed by atoms with Gasteiger partial charge in [0.1, 0.15) is 0 Å². The Balaban J connectivity index is 2.35. The predicted molar refractivity (Wildman–Crippen MR) is 74.2 cm³/mol. The Hall–Kier alpha value is -0.910. The van der Waals surface area contributed by atoms with Crippen LogP contribution in [0.3, 0.4) is 0 Å². The molecule has 2 atom stereocenters. The molecule has 0 aromatic heterocycles. The largest absolute Gasteiger partial charge is 0.392 e. The highest BCUT2D eigenvalue weighted by Crippen LogP contribution is 2.28. The molecule has 2 unspecified atom stereocenters. The Morgan fingerprint density at radius 1 is 1.26 bits per heavy atom. The molecule has 0 radical (unpaired) electrons. The maximum absolute atomic E-state index is 12.5. The normalized spacial score (nSPS) is 24.8. The number of benzene rings is 1. The molecule has 1 aliphatic rings. The first kappa shape index (κ1) is 14.5. The standard InChI is InChI=1S/C14H21NO3S/c1-10-4-5-14(6-13(10)9-16)19(17,18)15-7-11(2)12(3)8-15/h4-6,11-12,16H,7-9H2,1-3H3. The molecule has 4 nitrogen and oxygen atoms in total. The lowest BCUT2D eigenvalue weighted by molar-refractivity contribution is 0.280. The van der Waals surface area contributed by atoms with Crippen LogP contribution in [-0.2, 0) is 16.6 Å². The van der Waals surface area contributed by atoms with Crippen molar-refractivity contribution in [3.05, 3.63) is 29.3 Å². The number of sulfonamides is 1. The second-order valence-corrected chi connectivity index (χ2v) is 7.46. The van der Waals surface area contributed by atoms with Crippen molar-refractivity contribution in [3.8, 4) is 0 Å². The molecule has 0 aliphatic carbocycles. The van der Waals surface area contributed by atoms with Crippen molar-refractivity contribution in [2.75, 3.05) is 13.1 Å². The molecule has 0 bridgehead atoms. The summed E-state index contributed by atoms with van der Waals surface area (Å²) in [5, 5.41) is 9.25. The SMILES string of the molecule is Cc1ccc(S(=O)(=O)N2CC(C)C(C)C2)cc1CO. The molecule has 1 aromatic rings. The van der Waals surface area contributed by atoms with E-state index in [1.165, 1.54) is 0 Å². The first-order chi connectivity index (χ1) is 8.86. The van der Waals surface area contributed by atoms with Gasteiger partial charge < -0.3 is 5.11 Å². The van der Waals surface area contributed by atoms with Gasteiger partial charge in [-0.3, -0.25) is 0 Å². The third-order valence-electron chi connectivity index (χ3n) is 4.08. The van der Waals surface area contributed by atoms with Gasteiger partial charge in [0.15, 0.2) is 0 Å². The summed E-state index contributed by atoms with van der Waals surface area (Å²) < 4.78 is 26.6. The van der Waals surface area contributed by atoms with Gasteiger partial charge >= 0.3 is 0 Å². The van der Waals surface area contributed by atoms with Crippen molar-refractivity contribution in [2.45, 2.75) is 32.3 Å². The van der Waals surface area contributed by atoms with Crippen molar-refractivity contribution in [3.63, 3.8) is 0 Å². The molecule has 1 aromatic carbocycles. The molecule has 0 saturated carbocycles. The van der Waals surface area contributed by atoms with Crippen LogP contribution in [0, 0.1) is 18.8 Å². The van der Waals surface area contributed by atoms with Crippen LogP contribution in [0.1, 0.15) is 25.0 Å². The average Bonchev–Trinajstić information content (AvgIpc) is 2.70. The Kier molecular flexibility index (Phi) is 3.99. The van der Waals surface area contributed by atoms with Crippen LogP contribution >= 0.6 is 0 Å². The molecule has 1 aliphatic heterocycles. The molecule has 1 heterocycles. The van der Waals surface area contributed by atoms with Gasteiger partial charge in [-0.25, -0.2) is 8.42 Å². The second-order valence-electron chi connectivity index (χ2n) is 5.52. The van der Waals surface area contributed by atoms with E-state index in [9.17, 15) is 13.5 Å². The fraction of sp³-hybridized carbons (Fsp3) is 0.571. The Morgan fingerprint density at radius 2 is 1.84 bits per heavy atom. The predicted octanol–water partition coefficient (Wildman–Crippen LogP) is 1.76. The van der Waals surface area contributed by atoms with Crippen molar-refractivity contribution in [1.29, 1.82) is 0 Å². The third kappa shape index (κ3) is 2.68. The zero-order valence-corrected chi connectivity index (χ0v) is 12.4. The fourth-order valence-corrected chi connectivity index (χ4v) is 4.09.